The normalized spacial score (nSPS) is 28.4. The van der Waals surface area contributed by atoms with Gasteiger partial charge in [-0.2, -0.15) is 4.31 Å². The molecule has 3 atom stereocenters. The Kier molecular flexibility index (Phi) is 2.70. The predicted molar refractivity (Wildman–Crippen MR) is 62.6 cm³/mol. The molecule has 1 heterocycles. The summed E-state index contributed by atoms with van der Waals surface area (Å²) >= 11 is 5.70. The molecule has 3 nitrogen and oxygen atoms in total. The molecule has 1 fully saturated rings. The molecule has 2 rings (SSSR count). The maximum atomic E-state index is 12.1. The number of halogens is 1. The molecule has 0 bridgehead atoms. The summed E-state index contributed by atoms with van der Waals surface area (Å²) in [5.74, 6) is 2.45. The molecule has 1 saturated heterocycles. The number of hydrogen-bond acceptors (Lipinski definition) is 2. The van der Waals surface area contributed by atoms with Crippen molar-refractivity contribution < 1.29 is 8.42 Å². The Morgan fingerprint density at radius 2 is 1.94 bits per heavy atom. The van der Waals surface area contributed by atoms with E-state index in [-0.39, 0.29) is 17.0 Å². The molecule has 1 aliphatic heterocycles. The summed E-state index contributed by atoms with van der Waals surface area (Å²) in [4.78, 5) is 0.224. The number of hydrogen-bond donors (Lipinski definition) is 0. The average Bonchev–Trinajstić information content (AvgIpc) is 2.90. The van der Waals surface area contributed by atoms with E-state index in [9.17, 15) is 8.42 Å². The molecule has 5 heteroatoms. The molecule has 16 heavy (non-hydrogen) atoms. The van der Waals surface area contributed by atoms with Crippen molar-refractivity contribution in [3.8, 4) is 12.3 Å². The highest BCUT2D eigenvalue weighted by molar-refractivity contribution is 7.89. The Morgan fingerprint density at radius 3 is 2.38 bits per heavy atom. The molecular weight excluding hydrogens is 246 g/mol. The zero-order valence-corrected chi connectivity index (χ0v) is 10.2. The van der Waals surface area contributed by atoms with Crippen LogP contribution >= 0.6 is 11.6 Å². The highest BCUT2D eigenvalue weighted by atomic mass is 35.5. The lowest BCUT2D eigenvalue weighted by Crippen LogP contribution is -2.15. The quantitative estimate of drug-likeness (QED) is 0.596. The maximum absolute atomic E-state index is 12.1. The maximum Gasteiger partial charge on any atom is 0.244 e. The second-order valence-corrected chi connectivity index (χ2v) is 5.92. The van der Waals surface area contributed by atoms with Crippen LogP contribution in [-0.2, 0) is 10.0 Å². The molecule has 84 valence electrons. The van der Waals surface area contributed by atoms with E-state index < -0.39 is 10.0 Å². The van der Waals surface area contributed by atoms with Crippen LogP contribution in [0.3, 0.4) is 0 Å². The minimum atomic E-state index is -3.46. The highest BCUT2D eigenvalue weighted by Crippen LogP contribution is 2.35. The van der Waals surface area contributed by atoms with Gasteiger partial charge in [0, 0.05) is 5.02 Å². The first-order chi connectivity index (χ1) is 7.48. The largest absolute Gasteiger partial charge is 0.244 e. The van der Waals surface area contributed by atoms with Crippen LogP contribution in [0.1, 0.15) is 6.92 Å². The van der Waals surface area contributed by atoms with Gasteiger partial charge in [0.2, 0.25) is 10.0 Å². The Hall–Kier alpha value is -1.02. The van der Waals surface area contributed by atoms with E-state index in [1.807, 2.05) is 0 Å². The van der Waals surface area contributed by atoms with Gasteiger partial charge < -0.3 is 0 Å². The van der Waals surface area contributed by atoms with Crippen LogP contribution in [0.25, 0.3) is 0 Å². The standard InChI is InChI=1S/C11H10ClNO2S/c1-3-11-8(2)13(11)16(14,15)10-6-4-9(12)5-7-10/h1,4-8,11H,2H3. The van der Waals surface area contributed by atoms with E-state index in [2.05, 4.69) is 5.92 Å². The zero-order valence-electron chi connectivity index (χ0n) is 8.59. The lowest BCUT2D eigenvalue weighted by molar-refractivity contribution is 0.552. The minimum absolute atomic E-state index is 0.120. The molecule has 1 aliphatic rings. The lowest BCUT2D eigenvalue weighted by atomic mass is 10.4. The summed E-state index contributed by atoms with van der Waals surface area (Å²) in [6, 6.07) is 5.62. The summed E-state index contributed by atoms with van der Waals surface area (Å²) in [6.45, 7) is 1.79. The number of rotatable bonds is 2. The van der Waals surface area contributed by atoms with E-state index in [1.165, 1.54) is 16.4 Å². The van der Waals surface area contributed by atoms with Gasteiger partial charge in [-0.3, -0.25) is 0 Å². The zero-order chi connectivity index (χ0) is 11.9. The van der Waals surface area contributed by atoms with Gasteiger partial charge in [0.1, 0.15) is 6.04 Å². The molecule has 0 radical (unpaired) electrons. The van der Waals surface area contributed by atoms with Gasteiger partial charge in [0.05, 0.1) is 10.9 Å². The number of sulfonamides is 1. The van der Waals surface area contributed by atoms with Gasteiger partial charge >= 0.3 is 0 Å². The Labute approximate surface area is 100 Å². The summed E-state index contributed by atoms with van der Waals surface area (Å²) in [5.41, 5.74) is 0. The van der Waals surface area contributed by atoms with Gasteiger partial charge in [-0.05, 0) is 31.2 Å². The van der Waals surface area contributed by atoms with E-state index >= 15 is 0 Å². The van der Waals surface area contributed by atoms with Crippen LogP contribution in [-0.4, -0.2) is 24.8 Å². The first-order valence-electron chi connectivity index (χ1n) is 4.73. The van der Waals surface area contributed by atoms with Crippen molar-refractivity contribution in [1.82, 2.24) is 4.31 Å². The van der Waals surface area contributed by atoms with Crippen LogP contribution in [0.5, 0.6) is 0 Å². The summed E-state index contributed by atoms with van der Waals surface area (Å²) in [6.07, 6.45) is 5.24. The van der Waals surface area contributed by atoms with Gasteiger partial charge in [-0.25, -0.2) is 8.42 Å². The lowest BCUT2D eigenvalue weighted by Gasteiger charge is -2.04. The van der Waals surface area contributed by atoms with Gasteiger partial charge in [-0.15, -0.1) is 6.42 Å². The third kappa shape index (κ3) is 1.71. The summed E-state index contributed by atoms with van der Waals surface area (Å²) in [5, 5.41) is 0.506. The molecule has 0 aliphatic carbocycles. The number of nitrogens with zero attached hydrogens (tertiary/aromatic N) is 1. The van der Waals surface area contributed by atoms with Crippen LogP contribution in [0.4, 0.5) is 0 Å². The van der Waals surface area contributed by atoms with Crippen molar-refractivity contribution in [3.63, 3.8) is 0 Å². The van der Waals surface area contributed by atoms with E-state index in [0.717, 1.165) is 0 Å². The van der Waals surface area contributed by atoms with Crippen LogP contribution < -0.4 is 0 Å². The predicted octanol–water partition coefficient (Wildman–Crippen LogP) is 1.73. The highest BCUT2D eigenvalue weighted by Gasteiger charge is 2.51. The van der Waals surface area contributed by atoms with E-state index in [0.29, 0.717) is 5.02 Å². The summed E-state index contributed by atoms with van der Waals surface area (Å²) in [7, 11) is -3.46. The fraction of sp³-hybridized carbons (Fsp3) is 0.273. The smallest absolute Gasteiger partial charge is 0.207 e. The molecular formula is C11H10ClNO2S. The molecule has 0 amide bonds. The van der Waals surface area contributed by atoms with Crippen molar-refractivity contribution >= 4 is 21.6 Å². The molecule has 1 aromatic rings. The Balaban J connectivity index is 2.35. The first kappa shape index (κ1) is 11.5. The van der Waals surface area contributed by atoms with Crippen LogP contribution in [0.2, 0.25) is 5.02 Å². The second kappa shape index (κ2) is 3.77. The number of terminal acetylenes is 1. The van der Waals surface area contributed by atoms with E-state index in [4.69, 9.17) is 18.0 Å². The monoisotopic (exact) mass is 255 g/mol. The van der Waals surface area contributed by atoms with Gasteiger partial charge in [0.25, 0.3) is 0 Å². The van der Waals surface area contributed by atoms with Crippen molar-refractivity contribution in [2.75, 3.05) is 0 Å². The molecule has 0 saturated carbocycles. The second-order valence-electron chi connectivity index (χ2n) is 3.64. The Morgan fingerprint density at radius 1 is 1.38 bits per heavy atom. The molecule has 3 unspecified atom stereocenters. The third-order valence-corrected chi connectivity index (χ3v) is 4.84. The molecule has 0 aromatic heterocycles. The van der Waals surface area contributed by atoms with Crippen molar-refractivity contribution in [2.45, 2.75) is 23.9 Å². The molecule has 0 N–H and O–H groups in total. The SMILES string of the molecule is C#CC1C(C)N1S(=O)(=O)c1ccc(Cl)cc1. The number of benzene rings is 1. The Bertz CT molecular complexity index is 544. The molecule has 1 aromatic carbocycles. The van der Waals surface area contributed by atoms with Crippen molar-refractivity contribution in [2.24, 2.45) is 0 Å². The third-order valence-electron chi connectivity index (χ3n) is 2.60. The topological polar surface area (TPSA) is 37.1 Å². The first-order valence-corrected chi connectivity index (χ1v) is 6.55. The van der Waals surface area contributed by atoms with Crippen LogP contribution in [0.15, 0.2) is 29.2 Å². The fourth-order valence-electron chi connectivity index (χ4n) is 1.63. The van der Waals surface area contributed by atoms with E-state index in [1.54, 1.807) is 19.1 Å². The fourth-order valence-corrected chi connectivity index (χ4v) is 3.52. The van der Waals surface area contributed by atoms with Crippen molar-refractivity contribution in [3.05, 3.63) is 29.3 Å². The van der Waals surface area contributed by atoms with Gasteiger partial charge in [-0.1, -0.05) is 17.5 Å². The van der Waals surface area contributed by atoms with Crippen LogP contribution in [0, 0.1) is 12.3 Å². The van der Waals surface area contributed by atoms with Crippen molar-refractivity contribution in [1.29, 1.82) is 0 Å². The van der Waals surface area contributed by atoms with Gasteiger partial charge in [0.15, 0.2) is 0 Å². The molecule has 0 spiro atoms. The summed E-state index contributed by atoms with van der Waals surface area (Å²) < 4.78 is 25.5. The average molecular weight is 256 g/mol. The minimum Gasteiger partial charge on any atom is -0.207 e.